The van der Waals surface area contributed by atoms with Gasteiger partial charge in [-0.1, -0.05) is 0 Å². The molecule has 3 rings (SSSR count). The number of anilines is 1. The zero-order valence-corrected chi connectivity index (χ0v) is 18.1. The summed E-state index contributed by atoms with van der Waals surface area (Å²) in [6.45, 7) is 6.07. The van der Waals surface area contributed by atoms with E-state index in [4.69, 9.17) is 0 Å². The zero-order valence-electron chi connectivity index (χ0n) is 16.4. The molecule has 1 amide bonds. The summed E-state index contributed by atoms with van der Waals surface area (Å²) in [5.74, 6) is -0.147. The fourth-order valence-electron chi connectivity index (χ4n) is 3.73. The molecule has 0 saturated heterocycles. The van der Waals surface area contributed by atoms with Crippen molar-refractivity contribution < 1.29 is 13.2 Å². The molecule has 0 radical (unpaired) electrons. The van der Waals surface area contributed by atoms with Crippen LogP contribution >= 0.6 is 11.3 Å². The maximum atomic E-state index is 12.3. The number of nitrogens with zero attached hydrogens (tertiary/aromatic N) is 1. The highest BCUT2D eigenvalue weighted by atomic mass is 32.2. The van der Waals surface area contributed by atoms with Crippen molar-refractivity contribution in [2.75, 3.05) is 24.1 Å². The lowest BCUT2D eigenvalue weighted by atomic mass is 9.96. The van der Waals surface area contributed by atoms with Crippen LogP contribution in [-0.4, -0.2) is 44.6 Å². The largest absolute Gasteiger partial charge is 0.352 e. The molecule has 0 bridgehead atoms. The lowest BCUT2D eigenvalue weighted by molar-refractivity contribution is 0.0946. The molecule has 0 saturated carbocycles. The van der Waals surface area contributed by atoms with Gasteiger partial charge in [-0.3, -0.25) is 14.4 Å². The fraction of sp³-hybridized carbons (Fsp3) is 0.450. The van der Waals surface area contributed by atoms with E-state index < -0.39 is 10.0 Å². The number of benzene rings is 1. The molecule has 1 aromatic heterocycles. The van der Waals surface area contributed by atoms with Gasteiger partial charge in [0.1, 0.15) is 0 Å². The molecule has 28 heavy (non-hydrogen) atoms. The summed E-state index contributed by atoms with van der Waals surface area (Å²) < 4.78 is 24.8. The van der Waals surface area contributed by atoms with Crippen molar-refractivity contribution in [3.63, 3.8) is 0 Å². The summed E-state index contributed by atoms with van der Waals surface area (Å²) >= 11 is 1.83. The van der Waals surface area contributed by atoms with Crippen molar-refractivity contribution in [1.29, 1.82) is 0 Å². The fourth-order valence-corrected chi connectivity index (χ4v) is 5.31. The molecular formula is C20H27N3O3S2. The predicted molar refractivity (Wildman–Crippen MR) is 114 cm³/mol. The number of hydrogen-bond donors (Lipinski definition) is 2. The van der Waals surface area contributed by atoms with Crippen LogP contribution in [-0.2, 0) is 16.4 Å². The van der Waals surface area contributed by atoms with E-state index in [9.17, 15) is 13.2 Å². The lowest BCUT2D eigenvalue weighted by Crippen LogP contribution is -2.41. The minimum Gasteiger partial charge on any atom is -0.352 e. The zero-order chi connectivity index (χ0) is 20.3. The maximum Gasteiger partial charge on any atom is 0.251 e. The van der Waals surface area contributed by atoms with Crippen molar-refractivity contribution >= 4 is 33.0 Å². The second-order valence-electron chi connectivity index (χ2n) is 7.34. The second kappa shape index (κ2) is 8.63. The van der Waals surface area contributed by atoms with Gasteiger partial charge in [-0.2, -0.15) is 0 Å². The monoisotopic (exact) mass is 421 g/mol. The van der Waals surface area contributed by atoms with Gasteiger partial charge in [0, 0.05) is 41.3 Å². The first-order valence-electron chi connectivity index (χ1n) is 9.42. The number of amides is 1. The average Bonchev–Trinajstić information content (AvgIpc) is 3.08. The Morgan fingerprint density at radius 3 is 2.61 bits per heavy atom. The molecular weight excluding hydrogens is 394 g/mol. The Labute approximate surface area is 171 Å². The number of nitrogens with one attached hydrogen (secondary N) is 2. The molecule has 8 heteroatoms. The van der Waals surface area contributed by atoms with E-state index in [0.717, 1.165) is 25.6 Å². The molecule has 1 aromatic carbocycles. The second-order valence-corrected chi connectivity index (χ2v) is 10.0. The van der Waals surface area contributed by atoms with Crippen LogP contribution in [0.3, 0.4) is 0 Å². The Hall–Kier alpha value is -1.90. The quantitative estimate of drug-likeness (QED) is 0.673. The van der Waals surface area contributed by atoms with Crippen molar-refractivity contribution in [2.24, 2.45) is 0 Å². The summed E-state index contributed by atoms with van der Waals surface area (Å²) in [4.78, 5) is 16.3. The molecule has 0 aliphatic carbocycles. The number of fused-ring (bicyclic) bond motifs is 1. The molecule has 1 aliphatic rings. The van der Waals surface area contributed by atoms with Crippen LogP contribution in [0.2, 0.25) is 0 Å². The van der Waals surface area contributed by atoms with Gasteiger partial charge in [0.2, 0.25) is 10.0 Å². The minimum absolute atomic E-state index is 0.147. The Bertz CT molecular complexity index is 922. The third kappa shape index (κ3) is 5.12. The molecule has 152 valence electrons. The van der Waals surface area contributed by atoms with Gasteiger partial charge >= 0.3 is 0 Å². The maximum absolute atomic E-state index is 12.3. The average molecular weight is 422 g/mol. The van der Waals surface area contributed by atoms with E-state index in [0.29, 0.717) is 29.9 Å². The van der Waals surface area contributed by atoms with Crippen LogP contribution < -0.4 is 10.0 Å². The highest BCUT2D eigenvalue weighted by molar-refractivity contribution is 7.92. The summed E-state index contributed by atoms with van der Waals surface area (Å²) in [5.41, 5.74) is 2.44. The number of carbonyl (C=O) groups excluding carboxylic acids is 1. The minimum atomic E-state index is -3.32. The Morgan fingerprint density at radius 2 is 1.93 bits per heavy atom. The van der Waals surface area contributed by atoms with E-state index in [-0.39, 0.29) is 5.91 Å². The summed E-state index contributed by atoms with van der Waals surface area (Å²) in [6, 6.07) is 9.58. The van der Waals surface area contributed by atoms with Crippen LogP contribution in [0.15, 0.2) is 35.7 Å². The van der Waals surface area contributed by atoms with E-state index in [1.54, 1.807) is 24.3 Å². The molecule has 2 atom stereocenters. The Balaban J connectivity index is 1.47. The third-order valence-corrected chi connectivity index (χ3v) is 6.80. The molecule has 2 N–H and O–H groups in total. The smallest absolute Gasteiger partial charge is 0.251 e. The lowest BCUT2D eigenvalue weighted by Gasteiger charge is -2.38. The molecule has 6 nitrogen and oxygen atoms in total. The van der Waals surface area contributed by atoms with E-state index in [1.165, 1.54) is 10.4 Å². The van der Waals surface area contributed by atoms with E-state index in [1.807, 2.05) is 11.3 Å². The van der Waals surface area contributed by atoms with Crippen LogP contribution in [0.1, 0.15) is 47.1 Å². The Morgan fingerprint density at radius 1 is 1.21 bits per heavy atom. The summed E-state index contributed by atoms with van der Waals surface area (Å²) in [7, 11) is -3.32. The number of sulfonamides is 1. The van der Waals surface area contributed by atoms with Crippen LogP contribution in [0.4, 0.5) is 5.69 Å². The van der Waals surface area contributed by atoms with Gasteiger partial charge in [-0.15, -0.1) is 11.3 Å². The van der Waals surface area contributed by atoms with Gasteiger partial charge in [-0.25, -0.2) is 8.42 Å². The van der Waals surface area contributed by atoms with Gasteiger partial charge in [0.05, 0.1) is 6.26 Å². The van der Waals surface area contributed by atoms with E-state index in [2.05, 4.69) is 40.2 Å². The summed E-state index contributed by atoms with van der Waals surface area (Å²) in [6.07, 6.45) is 3.06. The molecule has 0 unspecified atom stereocenters. The Kier molecular flexibility index (Phi) is 6.42. The van der Waals surface area contributed by atoms with Crippen molar-refractivity contribution in [1.82, 2.24) is 10.2 Å². The predicted octanol–water partition coefficient (Wildman–Crippen LogP) is 3.25. The molecule has 0 spiro atoms. The number of carbonyl (C=O) groups is 1. The topological polar surface area (TPSA) is 78.5 Å². The molecule has 2 heterocycles. The first-order valence-corrected chi connectivity index (χ1v) is 12.2. The first kappa shape index (κ1) is 20.8. The SMILES string of the molecule is C[C@@H]1Cc2ccsc2[C@H](C)N1CCCNC(=O)c1ccc(NS(C)(=O)=O)cc1. The van der Waals surface area contributed by atoms with Crippen molar-refractivity contribution in [3.8, 4) is 0 Å². The van der Waals surface area contributed by atoms with Crippen molar-refractivity contribution in [2.45, 2.75) is 38.8 Å². The normalized spacial score (nSPS) is 19.8. The van der Waals surface area contributed by atoms with Crippen molar-refractivity contribution in [3.05, 3.63) is 51.7 Å². The standard InChI is InChI=1S/C20H27N3O3S2/c1-14-13-17-9-12-27-19(17)15(2)23(14)11-4-10-21-20(24)16-5-7-18(8-6-16)22-28(3,25)26/h5-9,12,14-15,22H,4,10-11,13H2,1-3H3,(H,21,24)/t14-,15+/m1/s1. The van der Waals surface area contributed by atoms with E-state index >= 15 is 0 Å². The van der Waals surface area contributed by atoms with Gasteiger partial charge in [-0.05, 0) is 68.0 Å². The highest BCUT2D eigenvalue weighted by Gasteiger charge is 2.29. The van der Waals surface area contributed by atoms with Gasteiger partial charge in [0.15, 0.2) is 0 Å². The number of rotatable bonds is 7. The number of thiophene rings is 1. The van der Waals surface area contributed by atoms with Crippen LogP contribution in [0.25, 0.3) is 0 Å². The van der Waals surface area contributed by atoms with Gasteiger partial charge in [0.25, 0.3) is 5.91 Å². The van der Waals surface area contributed by atoms with Crippen LogP contribution in [0.5, 0.6) is 0 Å². The van der Waals surface area contributed by atoms with Crippen LogP contribution in [0, 0.1) is 0 Å². The first-order chi connectivity index (χ1) is 13.2. The summed E-state index contributed by atoms with van der Waals surface area (Å²) in [5, 5.41) is 5.12. The van der Waals surface area contributed by atoms with Gasteiger partial charge < -0.3 is 5.32 Å². The molecule has 2 aromatic rings. The molecule has 1 aliphatic heterocycles. The third-order valence-electron chi connectivity index (χ3n) is 5.07. The highest BCUT2D eigenvalue weighted by Crippen LogP contribution is 2.36. The molecule has 0 fully saturated rings. The number of hydrogen-bond acceptors (Lipinski definition) is 5.